The van der Waals surface area contributed by atoms with Gasteiger partial charge in [-0.3, -0.25) is 0 Å². The van der Waals surface area contributed by atoms with Crippen LogP contribution in [0.3, 0.4) is 0 Å². The van der Waals surface area contributed by atoms with Gasteiger partial charge in [0.1, 0.15) is 0 Å². The second-order valence-electron chi connectivity index (χ2n) is 4.84. The molecule has 0 N–H and O–H groups in total. The van der Waals surface area contributed by atoms with Gasteiger partial charge in [0.05, 0.1) is 0 Å². The first kappa shape index (κ1) is 16.2. The number of hydrogen-bond acceptors (Lipinski definition) is 1. The molecule has 0 heterocycles. The zero-order valence-electron chi connectivity index (χ0n) is 11.7. The van der Waals surface area contributed by atoms with Crippen molar-refractivity contribution in [2.75, 3.05) is 6.61 Å². The Labute approximate surface area is 104 Å². The molecule has 0 aliphatic carbocycles. The predicted molar refractivity (Wildman–Crippen MR) is 76.2 cm³/mol. The fraction of sp³-hybridized carbons (Fsp3) is 0.929. The van der Waals surface area contributed by atoms with Crippen molar-refractivity contribution >= 4 is 8.32 Å². The van der Waals surface area contributed by atoms with Crippen LogP contribution in [-0.4, -0.2) is 14.9 Å². The summed E-state index contributed by atoms with van der Waals surface area (Å²) in [7, 11) is -1.42. The monoisotopic (exact) mass is 243 g/mol. The Hall–Kier alpha value is 0.177. The molecule has 0 aliphatic heterocycles. The molecular weight excluding hydrogens is 212 g/mol. The lowest BCUT2D eigenvalue weighted by molar-refractivity contribution is 0.333. The number of hydrogen-bond donors (Lipinski definition) is 0. The molecule has 16 heavy (non-hydrogen) atoms. The van der Waals surface area contributed by atoms with E-state index < -0.39 is 8.32 Å². The Bertz CT molecular complexity index is 126. The minimum atomic E-state index is -1.42. The van der Waals surface area contributed by atoms with E-state index in [0.29, 0.717) is 6.61 Å². The van der Waals surface area contributed by atoms with Crippen LogP contribution in [-0.2, 0) is 4.43 Å². The Kier molecular flexibility index (Phi) is 10.5. The zero-order valence-corrected chi connectivity index (χ0v) is 12.7. The molecule has 0 aromatic heterocycles. The summed E-state index contributed by atoms with van der Waals surface area (Å²) >= 11 is 0. The van der Waals surface area contributed by atoms with Gasteiger partial charge in [-0.1, -0.05) is 59.3 Å². The van der Waals surface area contributed by atoms with E-state index in [-0.39, 0.29) is 0 Å². The van der Waals surface area contributed by atoms with Gasteiger partial charge in [-0.05, 0) is 25.1 Å². The van der Waals surface area contributed by atoms with Crippen molar-refractivity contribution in [3.8, 4) is 0 Å². The maximum atomic E-state index is 6.16. The number of rotatable bonds is 11. The van der Waals surface area contributed by atoms with Crippen molar-refractivity contribution in [2.24, 2.45) is 0 Å². The molecule has 1 radical (unpaired) electrons. The first-order chi connectivity index (χ1) is 7.74. The second-order valence-corrected chi connectivity index (χ2v) is 9.00. The third-order valence-corrected chi connectivity index (χ3v) is 7.98. The van der Waals surface area contributed by atoms with Crippen LogP contribution in [0.4, 0.5) is 0 Å². The van der Waals surface area contributed by atoms with Crippen LogP contribution in [0.5, 0.6) is 0 Å². The first-order valence-corrected chi connectivity index (χ1v) is 9.70. The van der Waals surface area contributed by atoms with Crippen LogP contribution in [0.1, 0.15) is 59.3 Å². The molecule has 0 amide bonds. The maximum Gasteiger partial charge on any atom is 0.192 e. The van der Waals surface area contributed by atoms with E-state index >= 15 is 0 Å². The van der Waals surface area contributed by atoms with Gasteiger partial charge < -0.3 is 4.43 Å². The molecule has 0 bridgehead atoms. The van der Waals surface area contributed by atoms with E-state index in [9.17, 15) is 0 Å². The van der Waals surface area contributed by atoms with Gasteiger partial charge >= 0.3 is 0 Å². The van der Waals surface area contributed by atoms with Gasteiger partial charge in [-0.15, -0.1) is 0 Å². The minimum Gasteiger partial charge on any atom is -0.417 e. The van der Waals surface area contributed by atoms with Gasteiger partial charge in [0, 0.05) is 6.61 Å². The van der Waals surface area contributed by atoms with Gasteiger partial charge in [0.15, 0.2) is 8.32 Å². The van der Waals surface area contributed by atoms with Crippen molar-refractivity contribution in [1.82, 2.24) is 0 Å². The van der Waals surface area contributed by atoms with Crippen LogP contribution in [0.25, 0.3) is 0 Å². The fourth-order valence-corrected chi connectivity index (χ4v) is 6.91. The zero-order chi connectivity index (χ0) is 12.3. The summed E-state index contributed by atoms with van der Waals surface area (Å²) < 4.78 is 6.16. The standard InChI is InChI=1S/C14H31OSi/c1-5-9-12-16(15-8-4,13-10-6-2)14-11-7-3/h4-14H2,1-3H3. The summed E-state index contributed by atoms with van der Waals surface area (Å²) in [4.78, 5) is 0. The van der Waals surface area contributed by atoms with Crippen molar-refractivity contribution < 1.29 is 4.43 Å². The van der Waals surface area contributed by atoms with Crippen molar-refractivity contribution in [2.45, 2.75) is 77.4 Å². The summed E-state index contributed by atoms with van der Waals surface area (Å²) in [6.07, 6.45) is 7.94. The smallest absolute Gasteiger partial charge is 0.192 e. The average Bonchev–Trinajstić information content (AvgIpc) is 2.31. The molecule has 2 heteroatoms. The predicted octanol–water partition coefficient (Wildman–Crippen LogP) is 5.18. The Morgan fingerprint density at radius 2 is 1.19 bits per heavy atom. The molecule has 0 saturated heterocycles. The topological polar surface area (TPSA) is 9.23 Å². The van der Waals surface area contributed by atoms with Crippen LogP contribution < -0.4 is 0 Å². The van der Waals surface area contributed by atoms with Gasteiger partial charge in [0.25, 0.3) is 0 Å². The largest absolute Gasteiger partial charge is 0.417 e. The van der Waals surface area contributed by atoms with Crippen LogP contribution in [0, 0.1) is 6.92 Å². The quantitative estimate of drug-likeness (QED) is 0.454. The third-order valence-electron chi connectivity index (χ3n) is 3.37. The highest BCUT2D eigenvalue weighted by molar-refractivity contribution is 6.73. The lowest BCUT2D eigenvalue weighted by atomic mass is 10.4. The molecule has 0 spiro atoms. The Morgan fingerprint density at radius 1 is 0.812 bits per heavy atom. The molecule has 0 aromatic rings. The molecule has 0 rings (SSSR count). The van der Waals surface area contributed by atoms with E-state index in [4.69, 9.17) is 4.43 Å². The molecule has 0 atom stereocenters. The fourth-order valence-electron chi connectivity index (χ4n) is 2.30. The van der Waals surface area contributed by atoms with E-state index in [0.717, 1.165) is 0 Å². The van der Waals surface area contributed by atoms with Crippen LogP contribution >= 0.6 is 0 Å². The molecule has 0 saturated carbocycles. The third kappa shape index (κ3) is 6.69. The molecule has 0 fully saturated rings. The molecule has 97 valence electrons. The van der Waals surface area contributed by atoms with E-state index in [1.165, 1.54) is 56.7 Å². The van der Waals surface area contributed by atoms with Crippen molar-refractivity contribution in [3.63, 3.8) is 0 Å². The summed E-state index contributed by atoms with van der Waals surface area (Å²) in [6.45, 7) is 11.4. The van der Waals surface area contributed by atoms with E-state index in [1.807, 2.05) is 0 Å². The highest BCUT2D eigenvalue weighted by atomic mass is 28.4. The Balaban J connectivity index is 4.32. The normalized spacial score (nSPS) is 12.0. The minimum absolute atomic E-state index is 0.684. The number of unbranched alkanes of at least 4 members (excludes halogenated alkanes) is 3. The highest BCUT2D eigenvalue weighted by Gasteiger charge is 2.32. The summed E-state index contributed by atoms with van der Waals surface area (Å²) in [6, 6.07) is 4.08. The lowest BCUT2D eigenvalue weighted by Crippen LogP contribution is -2.38. The molecule has 1 nitrogen and oxygen atoms in total. The Morgan fingerprint density at radius 3 is 1.44 bits per heavy atom. The molecular formula is C14H31OSi. The summed E-state index contributed by atoms with van der Waals surface area (Å²) in [5.41, 5.74) is 0. The first-order valence-electron chi connectivity index (χ1n) is 7.17. The average molecular weight is 243 g/mol. The SMILES string of the molecule is [CH2]CO[Si](CCCC)(CCCC)CCCC. The van der Waals surface area contributed by atoms with Crippen molar-refractivity contribution in [3.05, 3.63) is 6.92 Å². The van der Waals surface area contributed by atoms with Crippen molar-refractivity contribution in [1.29, 1.82) is 0 Å². The lowest BCUT2D eigenvalue weighted by Gasteiger charge is -2.31. The van der Waals surface area contributed by atoms with Crippen LogP contribution in [0.15, 0.2) is 0 Å². The van der Waals surface area contributed by atoms with Gasteiger partial charge in [-0.2, -0.15) is 0 Å². The summed E-state index contributed by atoms with van der Waals surface area (Å²) in [5.74, 6) is 0. The second kappa shape index (κ2) is 10.3. The van der Waals surface area contributed by atoms with E-state index in [2.05, 4.69) is 27.7 Å². The van der Waals surface area contributed by atoms with Gasteiger partial charge in [-0.25, -0.2) is 0 Å². The highest BCUT2D eigenvalue weighted by Crippen LogP contribution is 2.29. The van der Waals surface area contributed by atoms with E-state index in [1.54, 1.807) is 0 Å². The summed E-state index contributed by atoms with van der Waals surface area (Å²) in [5, 5.41) is 0. The van der Waals surface area contributed by atoms with Gasteiger partial charge in [0.2, 0.25) is 0 Å². The maximum absolute atomic E-state index is 6.16. The molecule has 0 aliphatic rings. The molecule has 0 aromatic carbocycles. The molecule has 0 unspecified atom stereocenters. The van der Waals surface area contributed by atoms with Crippen LogP contribution in [0.2, 0.25) is 18.1 Å².